The first-order chi connectivity index (χ1) is 16.3. The molecule has 1 saturated heterocycles. The van der Waals surface area contributed by atoms with Crippen LogP contribution in [0.1, 0.15) is 36.8 Å². The van der Waals surface area contributed by atoms with E-state index >= 15 is 0 Å². The first kappa shape index (κ1) is 24.3. The molecular formula is C25H32N2O6S. The summed E-state index contributed by atoms with van der Waals surface area (Å²) in [6.45, 7) is 6.32. The number of nitrogens with one attached hydrogen (secondary N) is 1. The number of benzene rings is 2. The molecule has 1 amide bonds. The van der Waals surface area contributed by atoms with Crippen LogP contribution in [-0.2, 0) is 14.8 Å². The Bertz CT molecular complexity index is 1130. The highest BCUT2D eigenvalue weighted by molar-refractivity contribution is 7.89. The Morgan fingerprint density at radius 1 is 1.06 bits per heavy atom. The summed E-state index contributed by atoms with van der Waals surface area (Å²) < 4.78 is 45.2. The van der Waals surface area contributed by atoms with Gasteiger partial charge in [-0.25, -0.2) is 13.1 Å². The molecule has 8 nitrogen and oxygen atoms in total. The van der Waals surface area contributed by atoms with E-state index in [0.717, 1.165) is 36.1 Å². The summed E-state index contributed by atoms with van der Waals surface area (Å²) in [6.07, 6.45) is 2.42. The molecule has 0 aliphatic carbocycles. The molecule has 184 valence electrons. The molecule has 0 bridgehead atoms. The number of hydrogen-bond donors (Lipinski definition) is 1. The molecule has 2 aromatic rings. The number of piperidine rings is 1. The molecule has 0 saturated carbocycles. The van der Waals surface area contributed by atoms with E-state index in [9.17, 15) is 13.2 Å². The molecule has 2 aliphatic rings. The van der Waals surface area contributed by atoms with Crippen molar-refractivity contribution in [2.45, 2.75) is 50.5 Å². The van der Waals surface area contributed by atoms with Crippen molar-refractivity contribution in [2.75, 3.05) is 32.8 Å². The van der Waals surface area contributed by atoms with E-state index in [2.05, 4.69) is 16.9 Å². The fourth-order valence-electron chi connectivity index (χ4n) is 4.08. The maximum atomic E-state index is 12.7. The number of carbonyl (C=O) groups excluding carboxylic acids is 1. The van der Waals surface area contributed by atoms with Crippen LogP contribution in [0.15, 0.2) is 41.3 Å². The summed E-state index contributed by atoms with van der Waals surface area (Å²) in [5, 5.41) is 0. The molecule has 2 heterocycles. The van der Waals surface area contributed by atoms with Crippen molar-refractivity contribution in [1.29, 1.82) is 0 Å². The van der Waals surface area contributed by atoms with Gasteiger partial charge in [0, 0.05) is 51.4 Å². The second kappa shape index (κ2) is 10.7. The summed E-state index contributed by atoms with van der Waals surface area (Å²) in [4.78, 5) is 14.5. The Hall–Kier alpha value is -2.78. The minimum Gasteiger partial charge on any atom is -0.490 e. The van der Waals surface area contributed by atoms with Crippen LogP contribution in [0.3, 0.4) is 0 Å². The minimum atomic E-state index is -3.76. The lowest BCUT2D eigenvalue weighted by Gasteiger charge is -2.32. The van der Waals surface area contributed by atoms with Gasteiger partial charge in [-0.2, -0.15) is 0 Å². The topological polar surface area (TPSA) is 94.2 Å². The quantitative estimate of drug-likeness (QED) is 0.643. The molecule has 1 fully saturated rings. The van der Waals surface area contributed by atoms with Gasteiger partial charge in [-0.1, -0.05) is 12.1 Å². The third kappa shape index (κ3) is 6.01. The normalized spacial score (nSPS) is 16.7. The van der Waals surface area contributed by atoms with Gasteiger partial charge in [0.25, 0.3) is 0 Å². The first-order valence-electron chi connectivity index (χ1n) is 11.7. The molecule has 0 radical (unpaired) electrons. The van der Waals surface area contributed by atoms with Crippen molar-refractivity contribution in [3.8, 4) is 17.2 Å². The molecular weight excluding hydrogens is 456 g/mol. The lowest BCUT2D eigenvalue weighted by Crippen LogP contribution is -2.42. The predicted molar refractivity (Wildman–Crippen MR) is 128 cm³/mol. The molecule has 0 unspecified atom stereocenters. The predicted octanol–water partition coefficient (Wildman–Crippen LogP) is 3.20. The summed E-state index contributed by atoms with van der Waals surface area (Å²) in [7, 11) is -3.76. The number of rotatable bonds is 7. The van der Waals surface area contributed by atoms with Crippen LogP contribution in [0.25, 0.3) is 0 Å². The summed E-state index contributed by atoms with van der Waals surface area (Å²) in [6, 6.07) is 10.7. The van der Waals surface area contributed by atoms with Crippen molar-refractivity contribution in [1.82, 2.24) is 9.62 Å². The van der Waals surface area contributed by atoms with Crippen molar-refractivity contribution >= 4 is 15.9 Å². The fourth-order valence-corrected chi connectivity index (χ4v) is 5.13. The van der Waals surface area contributed by atoms with E-state index in [1.54, 1.807) is 11.0 Å². The third-order valence-corrected chi connectivity index (χ3v) is 7.55. The molecule has 9 heteroatoms. The van der Waals surface area contributed by atoms with Crippen LogP contribution in [0.4, 0.5) is 0 Å². The largest absolute Gasteiger partial charge is 0.490 e. The second-order valence-electron chi connectivity index (χ2n) is 8.77. The average Bonchev–Trinajstić information content (AvgIpc) is 3.07. The lowest BCUT2D eigenvalue weighted by molar-refractivity contribution is -0.132. The number of amides is 1. The van der Waals surface area contributed by atoms with Gasteiger partial charge in [-0.05, 0) is 43.2 Å². The van der Waals surface area contributed by atoms with Crippen molar-refractivity contribution in [2.24, 2.45) is 0 Å². The van der Waals surface area contributed by atoms with Gasteiger partial charge in [0.2, 0.25) is 15.9 Å². The van der Waals surface area contributed by atoms with Gasteiger partial charge in [0.05, 0.1) is 18.1 Å². The van der Waals surface area contributed by atoms with E-state index in [-0.39, 0.29) is 29.9 Å². The third-order valence-electron chi connectivity index (χ3n) is 6.09. The van der Waals surface area contributed by atoms with E-state index in [0.29, 0.717) is 37.8 Å². The number of sulfonamides is 1. The Kier molecular flexibility index (Phi) is 7.63. The van der Waals surface area contributed by atoms with E-state index in [1.807, 2.05) is 19.9 Å². The van der Waals surface area contributed by atoms with Crippen molar-refractivity contribution in [3.63, 3.8) is 0 Å². The molecule has 1 N–H and O–H groups in total. The van der Waals surface area contributed by atoms with E-state index < -0.39 is 10.0 Å². The van der Waals surface area contributed by atoms with E-state index in [1.165, 1.54) is 12.1 Å². The van der Waals surface area contributed by atoms with Crippen LogP contribution < -0.4 is 18.9 Å². The van der Waals surface area contributed by atoms with Gasteiger partial charge in [-0.15, -0.1) is 0 Å². The second-order valence-corrected chi connectivity index (χ2v) is 10.5. The number of likely N-dealkylation sites (tertiary alicyclic amines) is 1. The standard InChI is InChI=1S/C25H32N2O6S/c1-18-4-5-19(2)23(16-18)33-20-9-12-27(13-10-20)25(28)8-11-26-34(29,30)21-6-7-22-24(17-21)32-15-3-14-31-22/h4-7,16-17,20,26H,3,8-15H2,1-2H3. The molecule has 2 aromatic carbocycles. The highest BCUT2D eigenvalue weighted by Gasteiger charge is 2.25. The SMILES string of the molecule is Cc1ccc(C)c(OC2CCN(C(=O)CCNS(=O)(=O)c3ccc4c(c3)OCCCO4)CC2)c1. The van der Waals surface area contributed by atoms with Crippen LogP contribution >= 0.6 is 0 Å². The summed E-state index contributed by atoms with van der Waals surface area (Å²) in [5.74, 6) is 1.79. The van der Waals surface area contributed by atoms with Crippen LogP contribution in [-0.4, -0.2) is 58.2 Å². The monoisotopic (exact) mass is 488 g/mol. The zero-order valence-electron chi connectivity index (χ0n) is 19.7. The smallest absolute Gasteiger partial charge is 0.240 e. The molecule has 4 rings (SSSR count). The van der Waals surface area contributed by atoms with Crippen molar-refractivity contribution in [3.05, 3.63) is 47.5 Å². The first-order valence-corrected chi connectivity index (χ1v) is 13.2. The lowest BCUT2D eigenvalue weighted by atomic mass is 10.1. The van der Waals surface area contributed by atoms with Gasteiger partial charge >= 0.3 is 0 Å². The van der Waals surface area contributed by atoms with Gasteiger partial charge in [0.1, 0.15) is 11.9 Å². The van der Waals surface area contributed by atoms with E-state index in [4.69, 9.17) is 14.2 Å². The maximum Gasteiger partial charge on any atom is 0.240 e. The van der Waals surface area contributed by atoms with Crippen LogP contribution in [0.2, 0.25) is 0 Å². The Balaban J connectivity index is 1.24. The van der Waals surface area contributed by atoms with Crippen molar-refractivity contribution < 1.29 is 27.4 Å². The number of hydrogen-bond acceptors (Lipinski definition) is 6. The Morgan fingerprint density at radius 3 is 2.56 bits per heavy atom. The highest BCUT2D eigenvalue weighted by Crippen LogP contribution is 2.32. The molecule has 0 atom stereocenters. The van der Waals surface area contributed by atoms with Crippen LogP contribution in [0.5, 0.6) is 17.2 Å². The molecule has 2 aliphatic heterocycles. The van der Waals surface area contributed by atoms with Crippen LogP contribution in [0, 0.1) is 13.8 Å². The molecule has 34 heavy (non-hydrogen) atoms. The highest BCUT2D eigenvalue weighted by atomic mass is 32.2. The van der Waals surface area contributed by atoms with Gasteiger partial charge in [-0.3, -0.25) is 4.79 Å². The average molecular weight is 489 g/mol. The zero-order valence-corrected chi connectivity index (χ0v) is 20.5. The maximum absolute atomic E-state index is 12.7. The minimum absolute atomic E-state index is 0.0362. The zero-order chi connectivity index (χ0) is 24.1. The van der Waals surface area contributed by atoms with Gasteiger partial charge < -0.3 is 19.1 Å². The molecule has 0 aromatic heterocycles. The molecule has 0 spiro atoms. The number of nitrogens with zero attached hydrogens (tertiary/aromatic N) is 1. The number of ether oxygens (including phenoxy) is 3. The van der Waals surface area contributed by atoms with Gasteiger partial charge in [0.15, 0.2) is 11.5 Å². The Morgan fingerprint density at radius 2 is 1.79 bits per heavy atom. The number of aryl methyl sites for hydroxylation is 2. The number of carbonyl (C=O) groups is 1. The fraction of sp³-hybridized carbons (Fsp3) is 0.480. The summed E-state index contributed by atoms with van der Waals surface area (Å²) >= 11 is 0. The number of fused-ring (bicyclic) bond motifs is 1. The Labute approximate surface area is 201 Å². The summed E-state index contributed by atoms with van der Waals surface area (Å²) in [5.41, 5.74) is 2.26.